The summed E-state index contributed by atoms with van der Waals surface area (Å²) in [5.74, 6) is -0.408. The zero-order chi connectivity index (χ0) is 19.7. The Labute approximate surface area is 155 Å². The van der Waals surface area contributed by atoms with Crippen molar-refractivity contribution in [2.45, 2.75) is 26.8 Å². The normalized spacial score (nSPS) is 11.1. The number of hydrogen-bond acceptors (Lipinski definition) is 5. The van der Waals surface area contributed by atoms with E-state index in [1.807, 2.05) is 26.0 Å². The molecule has 142 valence electrons. The van der Waals surface area contributed by atoms with Gasteiger partial charge in [-0.1, -0.05) is 17.7 Å². The molecule has 8 heteroatoms. The van der Waals surface area contributed by atoms with Gasteiger partial charge in [-0.25, -0.2) is 14.6 Å². The minimum atomic E-state index is -0.438. The topological polar surface area (TPSA) is 88.1 Å². The monoisotopic (exact) mass is 370 g/mol. The molecule has 0 aliphatic rings. The molecule has 2 heterocycles. The Balaban J connectivity index is 1.71. The Hall–Kier alpha value is -3.16. The standard InChI is InChI=1S/C19H22N4O4/c1-12-6-7-14(13(2)10-12)18(25)27-9-5-8-23-17(24)15-16(20-11-21(15)3)22(4)19(23)26/h6-7,10-11H,5,8-9H2,1-4H3. The van der Waals surface area contributed by atoms with Gasteiger partial charge >= 0.3 is 11.7 Å². The maximum absolute atomic E-state index is 12.6. The smallest absolute Gasteiger partial charge is 0.338 e. The van der Waals surface area contributed by atoms with Gasteiger partial charge in [-0.2, -0.15) is 0 Å². The van der Waals surface area contributed by atoms with Crippen molar-refractivity contribution < 1.29 is 9.53 Å². The first-order chi connectivity index (χ1) is 12.8. The first-order valence-electron chi connectivity index (χ1n) is 8.66. The summed E-state index contributed by atoms with van der Waals surface area (Å²) in [5, 5.41) is 0. The third-order valence-corrected chi connectivity index (χ3v) is 4.56. The van der Waals surface area contributed by atoms with Gasteiger partial charge in [-0.05, 0) is 31.9 Å². The van der Waals surface area contributed by atoms with Gasteiger partial charge in [0, 0.05) is 20.6 Å². The largest absolute Gasteiger partial charge is 0.462 e. The molecular weight excluding hydrogens is 348 g/mol. The van der Waals surface area contributed by atoms with Crippen LogP contribution in [0.15, 0.2) is 34.1 Å². The molecule has 3 aromatic rings. The molecule has 0 unspecified atom stereocenters. The number of carbonyl (C=O) groups is 1. The van der Waals surface area contributed by atoms with Crippen molar-refractivity contribution in [3.05, 3.63) is 62.1 Å². The fourth-order valence-corrected chi connectivity index (χ4v) is 3.10. The first-order valence-corrected chi connectivity index (χ1v) is 8.66. The summed E-state index contributed by atoms with van der Waals surface area (Å²) in [6.45, 7) is 4.09. The predicted octanol–water partition coefficient (Wildman–Crippen LogP) is 1.30. The van der Waals surface area contributed by atoms with E-state index in [0.717, 1.165) is 15.7 Å². The summed E-state index contributed by atoms with van der Waals surface area (Å²) in [6.07, 6.45) is 1.86. The molecule has 0 amide bonds. The summed E-state index contributed by atoms with van der Waals surface area (Å²) in [7, 11) is 3.28. The molecular formula is C19H22N4O4. The number of ether oxygens (including phenoxy) is 1. The molecule has 0 N–H and O–H groups in total. The Morgan fingerprint density at radius 2 is 1.93 bits per heavy atom. The van der Waals surface area contributed by atoms with Gasteiger partial charge < -0.3 is 9.30 Å². The van der Waals surface area contributed by atoms with Crippen LogP contribution in [0.25, 0.3) is 11.2 Å². The molecule has 0 atom stereocenters. The van der Waals surface area contributed by atoms with Crippen LogP contribution in [0.5, 0.6) is 0 Å². The number of aromatic nitrogens is 4. The Bertz CT molecular complexity index is 1140. The highest BCUT2D eigenvalue weighted by Gasteiger charge is 2.15. The van der Waals surface area contributed by atoms with E-state index in [1.54, 1.807) is 24.7 Å². The third-order valence-electron chi connectivity index (χ3n) is 4.56. The number of rotatable bonds is 5. The second-order valence-corrected chi connectivity index (χ2v) is 6.63. The molecule has 8 nitrogen and oxygen atoms in total. The van der Waals surface area contributed by atoms with Crippen molar-refractivity contribution in [1.29, 1.82) is 0 Å². The van der Waals surface area contributed by atoms with Gasteiger partial charge in [0.1, 0.15) is 0 Å². The van der Waals surface area contributed by atoms with Crippen molar-refractivity contribution in [3.8, 4) is 0 Å². The molecule has 0 aliphatic heterocycles. The van der Waals surface area contributed by atoms with Gasteiger partial charge in [-0.3, -0.25) is 13.9 Å². The number of esters is 1. The second-order valence-electron chi connectivity index (χ2n) is 6.63. The average molecular weight is 370 g/mol. The summed E-state index contributed by atoms with van der Waals surface area (Å²) < 4.78 is 9.38. The van der Waals surface area contributed by atoms with Crippen LogP contribution >= 0.6 is 0 Å². The van der Waals surface area contributed by atoms with Crippen molar-refractivity contribution in [2.75, 3.05) is 6.61 Å². The molecule has 0 radical (unpaired) electrons. The lowest BCUT2D eigenvalue weighted by atomic mass is 10.1. The minimum absolute atomic E-state index is 0.116. The highest BCUT2D eigenvalue weighted by atomic mass is 16.5. The Morgan fingerprint density at radius 1 is 1.19 bits per heavy atom. The van der Waals surface area contributed by atoms with Crippen LogP contribution in [0, 0.1) is 13.8 Å². The van der Waals surface area contributed by atoms with Crippen molar-refractivity contribution in [1.82, 2.24) is 18.7 Å². The van der Waals surface area contributed by atoms with Crippen molar-refractivity contribution in [2.24, 2.45) is 14.1 Å². The zero-order valence-electron chi connectivity index (χ0n) is 15.9. The second kappa shape index (κ2) is 7.22. The van der Waals surface area contributed by atoms with E-state index < -0.39 is 17.2 Å². The minimum Gasteiger partial charge on any atom is -0.462 e. The van der Waals surface area contributed by atoms with Crippen LogP contribution < -0.4 is 11.2 Å². The number of imidazole rings is 1. The lowest BCUT2D eigenvalue weighted by Gasteiger charge is -2.10. The molecule has 0 fully saturated rings. The van der Waals surface area contributed by atoms with E-state index in [9.17, 15) is 14.4 Å². The highest BCUT2D eigenvalue weighted by Crippen LogP contribution is 2.12. The van der Waals surface area contributed by atoms with Crippen LogP contribution in [0.2, 0.25) is 0 Å². The van der Waals surface area contributed by atoms with Gasteiger partial charge in [0.2, 0.25) is 0 Å². The third kappa shape index (κ3) is 3.42. The van der Waals surface area contributed by atoms with Gasteiger partial charge in [0.15, 0.2) is 11.2 Å². The van der Waals surface area contributed by atoms with E-state index in [2.05, 4.69) is 4.98 Å². The molecule has 0 spiro atoms. The SMILES string of the molecule is Cc1ccc(C(=O)OCCCn2c(=O)c3c(ncn3C)n(C)c2=O)c(C)c1. The number of hydrogen-bond donors (Lipinski definition) is 0. The van der Waals surface area contributed by atoms with Crippen LogP contribution in [0.4, 0.5) is 0 Å². The van der Waals surface area contributed by atoms with E-state index in [4.69, 9.17) is 4.74 Å². The number of aryl methyl sites for hydroxylation is 4. The quantitative estimate of drug-likeness (QED) is 0.499. The summed E-state index contributed by atoms with van der Waals surface area (Å²) in [5.41, 5.74) is 2.33. The molecule has 0 saturated heterocycles. The number of nitrogens with zero attached hydrogens (tertiary/aromatic N) is 4. The average Bonchev–Trinajstić information content (AvgIpc) is 3.01. The first kappa shape index (κ1) is 18.6. The van der Waals surface area contributed by atoms with E-state index >= 15 is 0 Å². The maximum atomic E-state index is 12.6. The maximum Gasteiger partial charge on any atom is 0.338 e. The fourth-order valence-electron chi connectivity index (χ4n) is 3.10. The highest BCUT2D eigenvalue weighted by molar-refractivity contribution is 5.91. The van der Waals surface area contributed by atoms with Crippen LogP contribution in [-0.2, 0) is 25.4 Å². The summed E-state index contributed by atoms with van der Waals surface area (Å²) >= 11 is 0. The Kier molecular flexibility index (Phi) is 4.98. The number of benzene rings is 1. The van der Waals surface area contributed by atoms with E-state index in [0.29, 0.717) is 23.1 Å². The van der Waals surface area contributed by atoms with Crippen molar-refractivity contribution >= 4 is 17.1 Å². The predicted molar refractivity (Wildman–Crippen MR) is 101 cm³/mol. The van der Waals surface area contributed by atoms with Crippen molar-refractivity contribution in [3.63, 3.8) is 0 Å². The lowest BCUT2D eigenvalue weighted by Crippen LogP contribution is -2.39. The molecule has 3 rings (SSSR count). The number of carbonyl (C=O) groups excluding carboxylic acids is 1. The lowest BCUT2D eigenvalue weighted by molar-refractivity contribution is 0.0494. The fraction of sp³-hybridized carbons (Fsp3) is 0.368. The molecule has 2 aromatic heterocycles. The summed E-state index contributed by atoms with van der Waals surface area (Å²) in [6, 6.07) is 5.52. The van der Waals surface area contributed by atoms with Crippen LogP contribution in [-0.4, -0.2) is 31.3 Å². The van der Waals surface area contributed by atoms with Crippen LogP contribution in [0.1, 0.15) is 27.9 Å². The molecule has 0 bridgehead atoms. The zero-order valence-corrected chi connectivity index (χ0v) is 15.9. The van der Waals surface area contributed by atoms with Crippen LogP contribution in [0.3, 0.4) is 0 Å². The van der Waals surface area contributed by atoms with Gasteiger partial charge in [0.05, 0.1) is 18.5 Å². The van der Waals surface area contributed by atoms with Gasteiger partial charge in [0.25, 0.3) is 5.56 Å². The van der Waals surface area contributed by atoms with E-state index in [-0.39, 0.29) is 13.2 Å². The molecule has 27 heavy (non-hydrogen) atoms. The molecule has 0 saturated carbocycles. The molecule has 0 aliphatic carbocycles. The number of fused-ring (bicyclic) bond motifs is 1. The molecule has 1 aromatic carbocycles. The summed E-state index contributed by atoms with van der Waals surface area (Å²) in [4.78, 5) is 41.3. The Morgan fingerprint density at radius 3 is 2.63 bits per heavy atom. The van der Waals surface area contributed by atoms with Gasteiger partial charge in [-0.15, -0.1) is 0 Å². The van der Waals surface area contributed by atoms with E-state index in [1.165, 1.54) is 10.9 Å².